The molecular weight excluding hydrogens is 320 g/mol. The Morgan fingerprint density at radius 2 is 1.84 bits per heavy atom. The van der Waals surface area contributed by atoms with Crippen LogP contribution in [0.3, 0.4) is 0 Å². The van der Waals surface area contributed by atoms with Crippen molar-refractivity contribution in [2.75, 3.05) is 32.6 Å². The lowest BCUT2D eigenvalue weighted by Crippen LogP contribution is -2.31. The minimum absolute atomic E-state index is 0.111. The van der Waals surface area contributed by atoms with Gasteiger partial charge in [0.15, 0.2) is 0 Å². The van der Waals surface area contributed by atoms with E-state index in [-0.39, 0.29) is 5.91 Å². The lowest BCUT2D eigenvalue weighted by Gasteiger charge is -2.18. The molecule has 1 aromatic heterocycles. The highest BCUT2D eigenvalue weighted by molar-refractivity contribution is 5.92. The second kappa shape index (κ2) is 8.32. The number of nitrogens with one attached hydrogen (secondary N) is 1. The van der Waals surface area contributed by atoms with Crippen molar-refractivity contribution >= 4 is 17.5 Å². The molecule has 0 radical (unpaired) electrons. The maximum Gasteiger partial charge on any atom is 0.272 e. The highest BCUT2D eigenvalue weighted by atomic mass is 16.5. The van der Waals surface area contributed by atoms with Crippen LogP contribution in [0.15, 0.2) is 24.3 Å². The average Bonchev–Trinajstić information content (AvgIpc) is 2.62. The minimum Gasteiger partial charge on any atom is -0.497 e. The Morgan fingerprint density at radius 1 is 1.12 bits per heavy atom. The first-order valence-corrected chi connectivity index (χ1v) is 8.16. The van der Waals surface area contributed by atoms with Crippen LogP contribution >= 0.6 is 0 Å². The summed E-state index contributed by atoms with van der Waals surface area (Å²) >= 11 is 0. The molecule has 25 heavy (non-hydrogen) atoms. The molecule has 0 aliphatic carbocycles. The van der Waals surface area contributed by atoms with Gasteiger partial charge in [0.05, 0.1) is 19.9 Å². The maximum atomic E-state index is 12.5. The molecule has 0 aliphatic heterocycles. The van der Waals surface area contributed by atoms with Gasteiger partial charge < -0.3 is 19.7 Å². The summed E-state index contributed by atoms with van der Waals surface area (Å²) in [5.41, 5.74) is 1.77. The molecule has 1 aromatic carbocycles. The number of benzene rings is 1. The Bertz CT molecular complexity index is 745. The van der Waals surface area contributed by atoms with E-state index in [1.54, 1.807) is 31.3 Å². The van der Waals surface area contributed by atoms with Crippen LogP contribution in [-0.2, 0) is 0 Å². The summed E-state index contributed by atoms with van der Waals surface area (Å²) in [7, 11) is 3.17. The Labute approximate surface area is 148 Å². The van der Waals surface area contributed by atoms with Crippen LogP contribution in [0, 0.1) is 6.92 Å². The number of methoxy groups -OCH3 is 2. The topological polar surface area (TPSA) is 76.6 Å². The molecule has 7 nitrogen and oxygen atoms in total. The third-order valence-electron chi connectivity index (χ3n) is 3.78. The van der Waals surface area contributed by atoms with Crippen LogP contribution in [0.2, 0.25) is 0 Å². The van der Waals surface area contributed by atoms with Crippen molar-refractivity contribution in [3.63, 3.8) is 0 Å². The van der Waals surface area contributed by atoms with Crippen molar-refractivity contribution in [2.45, 2.75) is 20.8 Å². The number of hydrogen-bond acceptors (Lipinski definition) is 6. The van der Waals surface area contributed by atoms with Gasteiger partial charge in [-0.1, -0.05) is 0 Å². The van der Waals surface area contributed by atoms with Crippen molar-refractivity contribution in [2.24, 2.45) is 0 Å². The molecule has 0 saturated carbocycles. The second-order valence-corrected chi connectivity index (χ2v) is 5.39. The Kier molecular flexibility index (Phi) is 6.16. The van der Waals surface area contributed by atoms with Crippen molar-refractivity contribution in [1.82, 2.24) is 14.9 Å². The molecule has 7 heteroatoms. The van der Waals surface area contributed by atoms with Gasteiger partial charge in [0.25, 0.3) is 5.91 Å². The van der Waals surface area contributed by atoms with E-state index in [1.165, 1.54) is 0 Å². The smallest absolute Gasteiger partial charge is 0.272 e. The number of nitrogens with zero attached hydrogens (tertiary/aromatic N) is 3. The standard InChI is InChI=1S/C18H24N4O3/c1-6-22(7-2)17(23)15-10-12(3)19-18(21-15)20-14-9-8-13(24-4)11-16(14)25-5/h8-11H,6-7H2,1-5H3,(H,19,20,21). The SMILES string of the molecule is CCN(CC)C(=O)c1cc(C)nc(Nc2ccc(OC)cc2OC)n1. The van der Waals surface area contributed by atoms with Gasteiger partial charge >= 0.3 is 0 Å². The van der Waals surface area contributed by atoms with Gasteiger partial charge in [-0.25, -0.2) is 9.97 Å². The Hall–Kier alpha value is -2.83. The van der Waals surface area contributed by atoms with Crippen molar-refractivity contribution in [3.05, 3.63) is 35.7 Å². The summed E-state index contributed by atoms with van der Waals surface area (Å²) in [4.78, 5) is 23.0. The first-order valence-electron chi connectivity index (χ1n) is 8.16. The summed E-state index contributed by atoms with van der Waals surface area (Å²) in [6.45, 7) is 6.98. The molecule has 1 N–H and O–H groups in total. The maximum absolute atomic E-state index is 12.5. The van der Waals surface area contributed by atoms with Crippen LogP contribution < -0.4 is 14.8 Å². The van der Waals surface area contributed by atoms with E-state index in [9.17, 15) is 4.79 Å². The van der Waals surface area contributed by atoms with Gasteiger partial charge in [0.1, 0.15) is 17.2 Å². The van der Waals surface area contributed by atoms with E-state index >= 15 is 0 Å². The van der Waals surface area contributed by atoms with E-state index in [1.807, 2.05) is 32.9 Å². The fourth-order valence-corrected chi connectivity index (χ4v) is 2.43. The Morgan fingerprint density at radius 3 is 2.44 bits per heavy atom. The molecule has 2 aromatic rings. The number of anilines is 2. The van der Waals surface area contributed by atoms with E-state index < -0.39 is 0 Å². The third-order valence-corrected chi connectivity index (χ3v) is 3.78. The molecule has 0 bridgehead atoms. The largest absolute Gasteiger partial charge is 0.497 e. The normalized spacial score (nSPS) is 10.3. The molecule has 1 heterocycles. The average molecular weight is 344 g/mol. The van der Waals surface area contributed by atoms with Gasteiger partial charge in [0, 0.05) is 24.8 Å². The summed E-state index contributed by atoms with van der Waals surface area (Å²) in [5.74, 6) is 1.52. The zero-order valence-corrected chi connectivity index (χ0v) is 15.3. The molecule has 0 atom stereocenters. The lowest BCUT2D eigenvalue weighted by atomic mass is 10.2. The summed E-state index contributed by atoms with van der Waals surface area (Å²) in [6.07, 6.45) is 0. The van der Waals surface area contributed by atoms with Crippen molar-refractivity contribution < 1.29 is 14.3 Å². The predicted molar refractivity (Wildman–Crippen MR) is 96.8 cm³/mol. The number of aromatic nitrogens is 2. The third kappa shape index (κ3) is 4.37. The zero-order valence-electron chi connectivity index (χ0n) is 15.3. The summed E-state index contributed by atoms with van der Waals surface area (Å²) < 4.78 is 10.6. The second-order valence-electron chi connectivity index (χ2n) is 5.39. The van der Waals surface area contributed by atoms with Gasteiger partial charge in [-0.15, -0.1) is 0 Å². The number of carbonyl (C=O) groups excluding carboxylic acids is 1. The highest BCUT2D eigenvalue weighted by Crippen LogP contribution is 2.30. The van der Waals surface area contributed by atoms with Gasteiger partial charge in [-0.05, 0) is 39.0 Å². The Balaban J connectivity index is 2.33. The molecule has 0 fully saturated rings. The molecule has 0 saturated heterocycles. The predicted octanol–water partition coefficient (Wildman–Crippen LogP) is 3.03. The lowest BCUT2D eigenvalue weighted by molar-refractivity contribution is 0.0767. The molecule has 0 aliphatic rings. The van der Waals surface area contributed by atoms with E-state index in [2.05, 4.69) is 15.3 Å². The quantitative estimate of drug-likeness (QED) is 0.832. The first kappa shape index (κ1) is 18.5. The van der Waals surface area contributed by atoms with Crippen LogP contribution in [-0.4, -0.2) is 48.1 Å². The highest BCUT2D eigenvalue weighted by Gasteiger charge is 2.16. The van der Waals surface area contributed by atoms with Crippen molar-refractivity contribution in [3.8, 4) is 11.5 Å². The number of aryl methyl sites for hydroxylation is 1. The van der Waals surface area contributed by atoms with E-state index in [0.29, 0.717) is 47.6 Å². The fraction of sp³-hybridized carbons (Fsp3) is 0.389. The van der Waals surface area contributed by atoms with Crippen LogP contribution in [0.25, 0.3) is 0 Å². The number of ether oxygens (including phenoxy) is 2. The summed E-state index contributed by atoms with van der Waals surface area (Å²) in [6, 6.07) is 7.08. The number of hydrogen-bond donors (Lipinski definition) is 1. The van der Waals surface area contributed by atoms with Gasteiger partial charge in [-0.2, -0.15) is 0 Å². The van der Waals surface area contributed by atoms with Crippen molar-refractivity contribution in [1.29, 1.82) is 0 Å². The number of carbonyl (C=O) groups is 1. The molecule has 1 amide bonds. The molecule has 0 unspecified atom stereocenters. The molecule has 134 valence electrons. The minimum atomic E-state index is -0.111. The monoisotopic (exact) mass is 344 g/mol. The fourth-order valence-electron chi connectivity index (χ4n) is 2.43. The molecular formula is C18H24N4O3. The summed E-state index contributed by atoms with van der Waals surface area (Å²) in [5, 5.41) is 3.11. The number of rotatable bonds is 7. The molecule has 2 rings (SSSR count). The van der Waals surface area contributed by atoms with Gasteiger partial charge in [0.2, 0.25) is 5.95 Å². The molecule has 0 spiro atoms. The van der Waals surface area contributed by atoms with E-state index in [4.69, 9.17) is 9.47 Å². The van der Waals surface area contributed by atoms with Crippen LogP contribution in [0.4, 0.5) is 11.6 Å². The number of amides is 1. The zero-order chi connectivity index (χ0) is 18.4. The van der Waals surface area contributed by atoms with Crippen LogP contribution in [0.1, 0.15) is 30.0 Å². The van der Waals surface area contributed by atoms with Crippen LogP contribution in [0.5, 0.6) is 11.5 Å². The van der Waals surface area contributed by atoms with Gasteiger partial charge in [-0.3, -0.25) is 4.79 Å². The van der Waals surface area contributed by atoms with E-state index in [0.717, 1.165) is 0 Å². The first-order chi connectivity index (χ1) is 12.0.